The molecule has 0 aliphatic carbocycles. The van der Waals surface area contributed by atoms with Crippen LogP contribution < -0.4 is 0 Å². The molecular formula is C19H13ClN4O2. The van der Waals surface area contributed by atoms with Crippen LogP contribution in [0.5, 0.6) is 0 Å². The highest BCUT2D eigenvalue weighted by Gasteiger charge is 2.15. The standard InChI is InChI=1S/C19H13ClN4O2/c20-14-6-13-8-23-24(18(13)16(7-14)19(25)26)11-15-9-22-17(10-21-15)12-4-2-1-3-5-12/h1-10H,11H2,(H,25,26). The lowest BCUT2D eigenvalue weighted by atomic mass is 10.1. The predicted octanol–water partition coefficient (Wildman–Crippen LogP) is 3.89. The molecule has 1 N–H and O–H groups in total. The maximum atomic E-state index is 11.5. The molecule has 0 aliphatic heterocycles. The van der Waals surface area contributed by atoms with Gasteiger partial charge < -0.3 is 5.11 Å². The van der Waals surface area contributed by atoms with Gasteiger partial charge in [0.25, 0.3) is 0 Å². The van der Waals surface area contributed by atoms with Crippen LogP contribution >= 0.6 is 11.6 Å². The first-order valence-electron chi connectivity index (χ1n) is 7.86. The van der Waals surface area contributed by atoms with E-state index in [1.807, 2.05) is 30.3 Å². The monoisotopic (exact) mass is 364 g/mol. The minimum absolute atomic E-state index is 0.110. The Morgan fingerprint density at radius 3 is 2.58 bits per heavy atom. The summed E-state index contributed by atoms with van der Waals surface area (Å²) in [5.74, 6) is -1.05. The van der Waals surface area contributed by atoms with Crippen molar-refractivity contribution in [2.75, 3.05) is 0 Å². The maximum Gasteiger partial charge on any atom is 0.337 e. The summed E-state index contributed by atoms with van der Waals surface area (Å²) >= 11 is 5.99. The van der Waals surface area contributed by atoms with Crippen molar-refractivity contribution in [2.24, 2.45) is 0 Å². The fraction of sp³-hybridized carbons (Fsp3) is 0.0526. The summed E-state index contributed by atoms with van der Waals surface area (Å²) in [6.07, 6.45) is 4.97. The third kappa shape index (κ3) is 3.02. The molecule has 2 aromatic carbocycles. The summed E-state index contributed by atoms with van der Waals surface area (Å²) < 4.78 is 1.60. The Balaban J connectivity index is 1.69. The number of nitrogens with zero attached hydrogens (tertiary/aromatic N) is 4. The number of aromatic carboxylic acids is 1. The number of fused-ring (bicyclic) bond motifs is 1. The van der Waals surface area contributed by atoms with Gasteiger partial charge in [0.05, 0.1) is 47.6 Å². The number of aromatic nitrogens is 4. The molecular weight excluding hydrogens is 352 g/mol. The van der Waals surface area contributed by atoms with Crippen molar-refractivity contribution >= 4 is 28.5 Å². The Kier molecular flexibility index (Phi) is 4.10. The van der Waals surface area contributed by atoms with Crippen molar-refractivity contribution in [1.82, 2.24) is 19.7 Å². The first-order valence-corrected chi connectivity index (χ1v) is 8.24. The Bertz CT molecular complexity index is 1090. The molecule has 0 radical (unpaired) electrons. The van der Waals surface area contributed by atoms with Crippen molar-refractivity contribution in [2.45, 2.75) is 6.54 Å². The van der Waals surface area contributed by atoms with Crippen LogP contribution in [0.15, 0.2) is 61.1 Å². The Morgan fingerprint density at radius 2 is 1.88 bits per heavy atom. The zero-order valence-corrected chi connectivity index (χ0v) is 14.3. The molecule has 0 spiro atoms. The van der Waals surface area contributed by atoms with Crippen LogP contribution in [0.3, 0.4) is 0 Å². The van der Waals surface area contributed by atoms with Crippen molar-refractivity contribution in [3.05, 3.63) is 77.3 Å². The molecule has 0 saturated carbocycles. The van der Waals surface area contributed by atoms with E-state index in [0.717, 1.165) is 11.3 Å². The second-order valence-electron chi connectivity index (χ2n) is 5.76. The van der Waals surface area contributed by atoms with Crippen LogP contribution in [-0.2, 0) is 6.54 Å². The summed E-state index contributed by atoms with van der Waals surface area (Å²) in [4.78, 5) is 20.4. The highest BCUT2D eigenvalue weighted by atomic mass is 35.5. The zero-order chi connectivity index (χ0) is 18.1. The van der Waals surface area contributed by atoms with Gasteiger partial charge in [0.1, 0.15) is 0 Å². The molecule has 2 heterocycles. The number of carboxylic acid groups (broad SMARTS) is 1. The van der Waals surface area contributed by atoms with E-state index in [0.29, 0.717) is 28.2 Å². The van der Waals surface area contributed by atoms with Gasteiger partial charge >= 0.3 is 5.97 Å². The number of hydrogen-bond acceptors (Lipinski definition) is 4. The van der Waals surface area contributed by atoms with Gasteiger partial charge in [-0.05, 0) is 12.1 Å². The molecule has 0 saturated heterocycles. The summed E-state index contributed by atoms with van der Waals surface area (Å²) in [6, 6.07) is 12.9. The minimum Gasteiger partial charge on any atom is -0.478 e. The van der Waals surface area contributed by atoms with E-state index in [-0.39, 0.29) is 5.56 Å². The number of carboxylic acids is 1. The van der Waals surface area contributed by atoms with Gasteiger partial charge in [-0.2, -0.15) is 5.10 Å². The lowest BCUT2D eigenvalue weighted by Gasteiger charge is -2.07. The van der Waals surface area contributed by atoms with E-state index in [2.05, 4.69) is 15.1 Å². The summed E-state index contributed by atoms with van der Waals surface area (Å²) in [5.41, 5.74) is 3.06. The molecule has 0 fully saturated rings. The molecule has 0 atom stereocenters. The van der Waals surface area contributed by atoms with Crippen molar-refractivity contribution in [1.29, 1.82) is 0 Å². The SMILES string of the molecule is O=C(O)c1cc(Cl)cc2cnn(Cc3cnc(-c4ccccc4)cn3)c12. The second kappa shape index (κ2) is 6.57. The predicted molar refractivity (Wildman–Crippen MR) is 98.3 cm³/mol. The van der Waals surface area contributed by atoms with Crippen LogP contribution in [0.1, 0.15) is 16.1 Å². The van der Waals surface area contributed by atoms with E-state index in [4.69, 9.17) is 11.6 Å². The molecule has 6 nitrogen and oxygen atoms in total. The van der Waals surface area contributed by atoms with Gasteiger partial charge in [-0.15, -0.1) is 0 Å². The number of carbonyl (C=O) groups is 1. The molecule has 4 rings (SSSR count). The van der Waals surface area contributed by atoms with Crippen LogP contribution in [-0.4, -0.2) is 30.8 Å². The van der Waals surface area contributed by atoms with Crippen molar-refractivity contribution < 1.29 is 9.90 Å². The first-order chi connectivity index (χ1) is 12.6. The topological polar surface area (TPSA) is 80.9 Å². The van der Waals surface area contributed by atoms with Gasteiger partial charge in [-0.1, -0.05) is 41.9 Å². The molecule has 7 heteroatoms. The molecule has 128 valence electrons. The van der Waals surface area contributed by atoms with Crippen LogP contribution in [0.2, 0.25) is 5.02 Å². The molecule has 4 aromatic rings. The number of halogens is 1. The molecule has 0 unspecified atom stereocenters. The lowest BCUT2D eigenvalue weighted by Crippen LogP contribution is -2.08. The number of hydrogen-bond donors (Lipinski definition) is 1. The molecule has 0 aliphatic rings. The Labute approximate surface area is 153 Å². The number of benzene rings is 2. The van der Waals surface area contributed by atoms with Gasteiger partial charge in [0, 0.05) is 16.0 Å². The van der Waals surface area contributed by atoms with E-state index in [9.17, 15) is 9.90 Å². The van der Waals surface area contributed by atoms with Crippen molar-refractivity contribution in [3.8, 4) is 11.3 Å². The third-order valence-electron chi connectivity index (χ3n) is 4.02. The molecule has 0 amide bonds. The van der Waals surface area contributed by atoms with E-state index >= 15 is 0 Å². The molecule has 2 aromatic heterocycles. The van der Waals surface area contributed by atoms with Crippen LogP contribution in [0.4, 0.5) is 0 Å². The van der Waals surface area contributed by atoms with E-state index in [1.165, 1.54) is 6.07 Å². The van der Waals surface area contributed by atoms with E-state index < -0.39 is 5.97 Å². The zero-order valence-electron chi connectivity index (χ0n) is 13.5. The van der Waals surface area contributed by atoms with Crippen molar-refractivity contribution in [3.63, 3.8) is 0 Å². The van der Waals surface area contributed by atoms with E-state index in [1.54, 1.807) is 29.3 Å². The highest BCUT2D eigenvalue weighted by molar-refractivity contribution is 6.32. The normalized spacial score (nSPS) is 11.0. The fourth-order valence-corrected chi connectivity index (χ4v) is 3.05. The average Bonchev–Trinajstić information content (AvgIpc) is 3.04. The van der Waals surface area contributed by atoms with Crippen LogP contribution in [0, 0.1) is 0 Å². The molecule has 0 bridgehead atoms. The smallest absolute Gasteiger partial charge is 0.337 e. The Morgan fingerprint density at radius 1 is 1.08 bits per heavy atom. The quantitative estimate of drug-likeness (QED) is 0.594. The average molecular weight is 365 g/mol. The molecule has 26 heavy (non-hydrogen) atoms. The largest absolute Gasteiger partial charge is 0.478 e. The highest BCUT2D eigenvalue weighted by Crippen LogP contribution is 2.25. The lowest BCUT2D eigenvalue weighted by molar-refractivity contribution is 0.0698. The first kappa shape index (κ1) is 16.2. The van der Waals surface area contributed by atoms with Crippen LogP contribution in [0.25, 0.3) is 22.2 Å². The van der Waals surface area contributed by atoms with Gasteiger partial charge in [0.2, 0.25) is 0 Å². The third-order valence-corrected chi connectivity index (χ3v) is 4.23. The van der Waals surface area contributed by atoms with Gasteiger partial charge in [-0.3, -0.25) is 14.6 Å². The Hall–Kier alpha value is -3.25. The number of rotatable bonds is 4. The second-order valence-corrected chi connectivity index (χ2v) is 6.19. The summed E-state index contributed by atoms with van der Waals surface area (Å²) in [6.45, 7) is 0.313. The summed E-state index contributed by atoms with van der Waals surface area (Å²) in [7, 11) is 0. The summed E-state index contributed by atoms with van der Waals surface area (Å²) in [5, 5.41) is 14.8. The van der Waals surface area contributed by atoms with Gasteiger partial charge in [-0.25, -0.2) is 4.79 Å². The van der Waals surface area contributed by atoms with Gasteiger partial charge in [0.15, 0.2) is 0 Å². The minimum atomic E-state index is -1.05. The maximum absolute atomic E-state index is 11.5. The fourth-order valence-electron chi connectivity index (χ4n) is 2.83.